The fourth-order valence-electron chi connectivity index (χ4n) is 0.972. The summed E-state index contributed by atoms with van der Waals surface area (Å²) in [4.78, 5) is 8.50. The standard InChI is InChI=1S/C9H14N2S/c1-3-4-5-8-6-7-10-9(11-8)12-2/h6-7H,3-5H2,1-2H3. The van der Waals surface area contributed by atoms with E-state index in [-0.39, 0.29) is 0 Å². The lowest BCUT2D eigenvalue weighted by Gasteiger charge is -1.99. The Labute approximate surface area is 77.8 Å². The lowest BCUT2D eigenvalue weighted by Crippen LogP contribution is -1.93. The van der Waals surface area contributed by atoms with E-state index in [2.05, 4.69) is 16.9 Å². The Hall–Kier alpha value is -0.570. The van der Waals surface area contributed by atoms with Crippen molar-refractivity contribution in [2.45, 2.75) is 31.3 Å². The molecule has 0 atom stereocenters. The van der Waals surface area contributed by atoms with Gasteiger partial charge in [0.1, 0.15) is 0 Å². The first kappa shape index (κ1) is 9.52. The largest absolute Gasteiger partial charge is 0.231 e. The molecule has 0 aliphatic carbocycles. The second kappa shape index (κ2) is 5.14. The average Bonchev–Trinajstić information content (AvgIpc) is 2.15. The first-order valence-electron chi connectivity index (χ1n) is 4.22. The summed E-state index contributed by atoms with van der Waals surface area (Å²) in [5, 5.41) is 0.878. The van der Waals surface area contributed by atoms with Crippen molar-refractivity contribution < 1.29 is 0 Å². The monoisotopic (exact) mass is 182 g/mol. The van der Waals surface area contributed by atoms with E-state index in [4.69, 9.17) is 0 Å². The second-order valence-electron chi connectivity index (χ2n) is 2.64. The predicted molar refractivity (Wildman–Crippen MR) is 52.4 cm³/mol. The van der Waals surface area contributed by atoms with Crippen LogP contribution in [0.4, 0.5) is 0 Å². The van der Waals surface area contributed by atoms with Gasteiger partial charge in [0.05, 0.1) is 0 Å². The normalized spacial score (nSPS) is 10.2. The Morgan fingerprint density at radius 2 is 2.33 bits per heavy atom. The minimum absolute atomic E-state index is 0.878. The first-order valence-corrected chi connectivity index (χ1v) is 5.45. The summed E-state index contributed by atoms with van der Waals surface area (Å²) in [6, 6.07) is 2.00. The quantitative estimate of drug-likeness (QED) is 0.528. The van der Waals surface area contributed by atoms with Gasteiger partial charge in [-0.15, -0.1) is 0 Å². The van der Waals surface area contributed by atoms with Crippen LogP contribution in [0.2, 0.25) is 0 Å². The average molecular weight is 182 g/mol. The van der Waals surface area contributed by atoms with E-state index in [1.807, 2.05) is 18.5 Å². The highest BCUT2D eigenvalue weighted by Gasteiger charge is 1.96. The molecule has 1 aromatic rings. The zero-order valence-electron chi connectivity index (χ0n) is 7.58. The Morgan fingerprint density at radius 3 is 3.00 bits per heavy atom. The van der Waals surface area contributed by atoms with E-state index >= 15 is 0 Å². The molecule has 0 spiro atoms. The minimum Gasteiger partial charge on any atom is -0.231 e. The SMILES string of the molecule is CCCCc1ccnc(SC)n1. The highest BCUT2D eigenvalue weighted by Crippen LogP contribution is 2.09. The van der Waals surface area contributed by atoms with Crippen LogP contribution in [0.1, 0.15) is 25.5 Å². The van der Waals surface area contributed by atoms with Gasteiger partial charge in [-0.05, 0) is 25.2 Å². The molecule has 0 N–H and O–H groups in total. The minimum atomic E-state index is 0.878. The molecule has 2 nitrogen and oxygen atoms in total. The van der Waals surface area contributed by atoms with Crippen LogP contribution in [0.25, 0.3) is 0 Å². The zero-order valence-corrected chi connectivity index (χ0v) is 8.40. The van der Waals surface area contributed by atoms with Gasteiger partial charge in [-0.1, -0.05) is 25.1 Å². The third kappa shape index (κ3) is 2.81. The molecule has 12 heavy (non-hydrogen) atoms. The number of thioether (sulfide) groups is 1. The molecule has 3 heteroatoms. The fourth-order valence-corrected chi connectivity index (χ4v) is 1.35. The molecule has 0 saturated heterocycles. The molecular formula is C9H14N2S. The summed E-state index contributed by atoms with van der Waals surface area (Å²) in [6.45, 7) is 2.19. The Morgan fingerprint density at radius 1 is 1.50 bits per heavy atom. The van der Waals surface area contributed by atoms with Gasteiger partial charge in [0, 0.05) is 11.9 Å². The van der Waals surface area contributed by atoms with Crippen molar-refractivity contribution in [3.05, 3.63) is 18.0 Å². The summed E-state index contributed by atoms with van der Waals surface area (Å²) in [6.07, 6.45) is 7.35. The fraction of sp³-hybridized carbons (Fsp3) is 0.556. The van der Waals surface area contributed by atoms with Crippen molar-refractivity contribution >= 4 is 11.8 Å². The van der Waals surface area contributed by atoms with Gasteiger partial charge < -0.3 is 0 Å². The van der Waals surface area contributed by atoms with Crippen LogP contribution in [0.5, 0.6) is 0 Å². The number of aromatic nitrogens is 2. The van der Waals surface area contributed by atoms with Crippen LogP contribution >= 0.6 is 11.8 Å². The molecule has 66 valence electrons. The third-order valence-corrected chi connectivity index (χ3v) is 2.22. The molecule has 1 aromatic heterocycles. The molecule has 0 amide bonds. The molecule has 0 bridgehead atoms. The number of aryl methyl sites for hydroxylation is 1. The summed E-state index contributed by atoms with van der Waals surface area (Å²) in [5.41, 5.74) is 1.16. The van der Waals surface area contributed by atoms with Gasteiger partial charge in [-0.25, -0.2) is 9.97 Å². The number of unbranched alkanes of at least 4 members (excludes halogenated alkanes) is 1. The lowest BCUT2D eigenvalue weighted by atomic mass is 10.2. The van der Waals surface area contributed by atoms with Gasteiger partial charge in [0.2, 0.25) is 0 Å². The van der Waals surface area contributed by atoms with E-state index < -0.39 is 0 Å². The maximum atomic E-state index is 4.38. The van der Waals surface area contributed by atoms with E-state index in [9.17, 15) is 0 Å². The van der Waals surface area contributed by atoms with E-state index in [0.29, 0.717) is 0 Å². The first-order chi connectivity index (χ1) is 5.86. The predicted octanol–water partition coefficient (Wildman–Crippen LogP) is 2.54. The molecule has 0 radical (unpaired) electrons. The molecule has 1 heterocycles. The summed E-state index contributed by atoms with van der Waals surface area (Å²) >= 11 is 1.59. The van der Waals surface area contributed by atoms with Crippen molar-refractivity contribution in [1.29, 1.82) is 0 Å². The number of hydrogen-bond acceptors (Lipinski definition) is 3. The van der Waals surface area contributed by atoms with Gasteiger partial charge in [0.15, 0.2) is 5.16 Å². The van der Waals surface area contributed by atoms with E-state index in [1.54, 1.807) is 11.8 Å². The van der Waals surface area contributed by atoms with Gasteiger partial charge >= 0.3 is 0 Å². The lowest BCUT2D eigenvalue weighted by molar-refractivity contribution is 0.757. The number of hydrogen-bond donors (Lipinski definition) is 0. The molecule has 0 aromatic carbocycles. The van der Waals surface area contributed by atoms with Crippen molar-refractivity contribution in [2.24, 2.45) is 0 Å². The molecule has 1 rings (SSSR count). The zero-order chi connectivity index (χ0) is 8.81. The van der Waals surface area contributed by atoms with Gasteiger partial charge in [-0.2, -0.15) is 0 Å². The molecule has 0 fully saturated rings. The molecule has 0 saturated carbocycles. The number of nitrogens with zero attached hydrogens (tertiary/aromatic N) is 2. The molecule has 0 aliphatic rings. The smallest absolute Gasteiger partial charge is 0.187 e. The second-order valence-corrected chi connectivity index (χ2v) is 3.41. The van der Waals surface area contributed by atoms with E-state index in [1.165, 1.54) is 12.8 Å². The highest BCUT2D eigenvalue weighted by atomic mass is 32.2. The molecule has 0 aliphatic heterocycles. The van der Waals surface area contributed by atoms with Crippen LogP contribution < -0.4 is 0 Å². The molecule has 0 unspecified atom stereocenters. The third-order valence-electron chi connectivity index (χ3n) is 1.66. The summed E-state index contributed by atoms with van der Waals surface area (Å²) < 4.78 is 0. The maximum Gasteiger partial charge on any atom is 0.187 e. The van der Waals surface area contributed by atoms with Gasteiger partial charge in [-0.3, -0.25) is 0 Å². The number of rotatable bonds is 4. The van der Waals surface area contributed by atoms with Crippen LogP contribution in [0.15, 0.2) is 17.4 Å². The van der Waals surface area contributed by atoms with Crippen molar-refractivity contribution in [2.75, 3.05) is 6.26 Å². The van der Waals surface area contributed by atoms with Crippen LogP contribution in [-0.4, -0.2) is 16.2 Å². The Bertz CT molecular complexity index is 238. The maximum absolute atomic E-state index is 4.38. The highest BCUT2D eigenvalue weighted by molar-refractivity contribution is 7.98. The Balaban J connectivity index is 2.60. The van der Waals surface area contributed by atoms with Crippen LogP contribution in [-0.2, 0) is 6.42 Å². The summed E-state index contributed by atoms with van der Waals surface area (Å²) in [5.74, 6) is 0. The summed E-state index contributed by atoms with van der Waals surface area (Å²) in [7, 11) is 0. The Kier molecular flexibility index (Phi) is 4.08. The van der Waals surface area contributed by atoms with Crippen molar-refractivity contribution in [3.63, 3.8) is 0 Å². The van der Waals surface area contributed by atoms with Crippen molar-refractivity contribution in [3.8, 4) is 0 Å². The molecular weight excluding hydrogens is 168 g/mol. The van der Waals surface area contributed by atoms with Crippen molar-refractivity contribution in [1.82, 2.24) is 9.97 Å². The van der Waals surface area contributed by atoms with Crippen LogP contribution in [0.3, 0.4) is 0 Å². The van der Waals surface area contributed by atoms with Crippen LogP contribution in [0, 0.1) is 0 Å². The van der Waals surface area contributed by atoms with Gasteiger partial charge in [0.25, 0.3) is 0 Å². The topological polar surface area (TPSA) is 25.8 Å². The van der Waals surface area contributed by atoms with E-state index in [0.717, 1.165) is 17.3 Å².